The SMILES string of the molecule is O=C(NCCc1ccc(F)cc1)C(=O)NC[C@H](c1cccs1)N1CCc2ccccc21. The maximum Gasteiger partial charge on any atom is 0.309 e. The molecule has 0 spiro atoms. The molecule has 2 heterocycles. The summed E-state index contributed by atoms with van der Waals surface area (Å²) >= 11 is 1.64. The highest BCUT2D eigenvalue weighted by Gasteiger charge is 2.28. The average Bonchev–Trinajstić information content (AvgIpc) is 3.46. The fourth-order valence-corrected chi connectivity index (χ4v) is 4.69. The summed E-state index contributed by atoms with van der Waals surface area (Å²) < 4.78 is 13.0. The molecular formula is C24H24FN3O2S. The van der Waals surface area contributed by atoms with E-state index in [0.29, 0.717) is 19.5 Å². The quantitative estimate of drug-likeness (QED) is 0.557. The summed E-state index contributed by atoms with van der Waals surface area (Å²) in [4.78, 5) is 28.0. The van der Waals surface area contributed by atoms with Crippen molar-refractivity contribution >= 4 is 28.8 Å². The molecule has 0 unspecified atom stereocenters. The van der Waals surface area contributed by atoms with Crippen molar-refractivity contribution in [1.82, 2.24) is 10.6 Å². The summed E-state index contributed by atoms with van der Waals surface area (Å²) in [5.74, 6) is -1.60. The number of nitrogens with one attached hydrogen (secondary N) is 2. The van der Waals surface area contributed by atoms with Crippen LogP contribution in [0.2, 0.25) is 0 Å². The molecule has 31 heavy (non-hydrogen) atoms. The Morgan fingerprint density at radius 3 is 2.55 bits per heavy atom. The third-order valence-electron chi connectivity index (χ3n) is 5.45. The molecule has 1 aromatic heterocycles. The molecule has 1 aliphatic rings. The topological polar surface area (TPSA) is 61.4 Å². The number of hydrogen-bond acceptors (Lipinski definition) is 4. The van der Waals surface area contributed by atoms with E-state index in [2.05, 4.69) is 33.7 Å². The lowest BCUT2D eigenvalue weighted by molar-refractivity contribution is -0.139. The lowest BCUT2D eigenvalue weighted by Crippen LogP contribution is -2.44. The number of hydrogen-bond donors (Lipinski definition) is 2. The van der Waals surface area contributed by atoms with Crippen molar-refractivity contribution < 1.29 is 14.0 Å². The molecule has 2 aromatic carbocycles. The summed E-state index contributed by atoms with van der Waals surface area (Å²) in [6.07, 6.45) is 1.50. The first kappa shape index (κ1) is 21.1. The fraction of sp³-hybridized carbons (Fsp3) is 0.250. The Labute approximate surface area is 184 Å². The van der Waals surface area contributed by atoms with Crippen molar-refractivity contribution in [3.63, 3.8) is 0 Å². The van der Waals surface area contributed by atoms with Crippen LogP contribution in [0.3, 0.4) is 0 Å². The molecule has 2 N–H and O–H groups in total. The van der Waals surface area contributed by atoms with Crippen LogP contribution in [0.1, 0.15) is 22.0 Å². The van der Waals surface area contributed by atoms with E-state index >= 15 is 0 Å². The monoisotopic (exact) mass is 437 g/mol. The smallest absolute Gasteiger partial charge is 0.309 e. The third kappa shape index (κ3) is 5.11. The molecule has 0 bridgehead atoms. The van der Waals surface area contributed by atoms with Gasteiger partial charge in [0.15, 0.2) is 0 Å². The lowest BCUT2D eigenvalue weighted by atomic mass is 10.1. The van der Waals surface area contributed by atoms with E-state index in [9.17, 15) is 14.0 Å². The molecule has 1 atom stereocenters. The number of anilines is 1. The van der Waals surface area contributed by atoms with Gasteiger partial charge >= 0.3 is 11.8 Å². The van der Waals surface area contributed by atoms with Crippen LogP contribution in [-0.4, -0.2) is 31.4 Å². The molecule has 0 saturated carbocycles. The van der Waals surface area contributed by atoms with Gasteiger partial charge in [0.2, 0.25) is 0 Å². The number of fused-ring (bicyclic) bond motifs is 1. The highest BCUT2D eigenvalue weighted by molar-refractivity contribution is 7.10. The van der Waals surface area contributed by atoms with Crippen LogP contribution in [0.25, 0.3) is 0 Å². The van der Waals surface area contributed by atoms with Crippen molar-refractivity contribution in [3.05, 3.63) is 87.9 Å². The zero-order chi connectivity index (χ0) is 21.6. The highest BCUT2D eigenvalue weighted by Crippen LogP contribution is 2.36. The third-order valence-corrected chi connectivity index (χ3v) is 6.42. The second-order valence-electron chi connectivity index (χ2n) is 7.45. The molecule has 0 saturated heterocycles. The Bertz CT molecular complexity index is 1040. The first-order valence-electron chi connectivity index (χ1n) is 10.3. The van der Waals surface area contributed by atoms with Crippen LogP contribution in [0.15, 0.2) is 66.0 Å². The second kappa shape index (κ2) is 9.75. The normalized spacial score (nSPS) is 13.5. The number of para-hydroxylation sites is 1. The predicted molar refractivity (Wildman–Crippen MR) is 121 cm³/mol. The van der Waals surface area contributed by atoms with E-state index in [1.165, 1.54) is 23.4 Å². The van der Waals surface area contributed by atoms with Crippen LogP contribution in [0, 0.1) is 5.82 Å². The summed E-state index contributed by atoms with van der Waals surface area (Å²) in [7, 11) is 0. The minimum Gasteiger partial charge on any atom is -0.361 e. The van der Waals surface area contributed by atoms with E-state index in [1.54, 1.807) is 23.5 Å². The lowest BCUT2D eigenvalue weighted by Gasteiger charge is -2.30. The molecule has 160 valence electrons. The van der Waals surface area contributed by atoms with E-state index < -0.39 is 11.8 Å². The van der Waals surface area contributed by atoms with Crippen LogP contribution in [0.5, 0.6) is 0 Å². The highest BCUT2D eigenvalue weighted by atomic mass is 32.1. The summed E-state index contributed by atoms with van der Waals surface area (Å²) in [5, 5.41) is 7.45. The van der Waals surface area contributed by atoms with Gasteiger partial charge < -0.3 is 15.5 Å². The van der Waals surface area contributed by atoms with Gasteiger partial charge in [-0.25, -0.2) is 4.39 Å². The van der Waals surface area contributed by atoms with Crippen molar-refractivity contribution in [2.45, 2.75) is 18.9 Å². The van der Waals surface area contributed by atoms with Gasteiger partial charge in [-0.3, -0.25) is 9.59 Å². The van der Waals surface area contributed by atoms with Crippen molar-refractivity contribution in [2.75, 3.05) is 24.5 Å². The van der Waals surface area contributed by atoms with Gasteiger partial charge in [0.1, 0.15) is 5.82 Å². The van der Waals surface area contributed by atoms with Crippen LogP contribution >= 0.6 is 11.3 Å². The average molecular weight is 438 g/mol. The first-order chi connectivity index (χ1) is 15.1. The van der Waals surface area contributed by atoms with Gasteiger partial charge in [-0.2, -0.15) is 0 Å². The van der Waals surface area contributed by atoms with E-state index in [-0.39, 0.29) is 11.9 Å². The molecule has 7 heteroatoms. The molecule has 0 fully saturated rings. The van der Waals surface area contributed by atoms with Crippen molar-refractivity contribution in [1.29, 1.82) is 0 Å². The Morgan fingerprint density at radius 2 is 1.77 bits per heavy atom. The zero-order valence-corrected chi connectivity index (χ0v) is 17.8. The molecule has 1 aliphatic heterocycles. The molecule has 0 aliphatic carbocycles. The van der Waals surface area contributed by atoms with Crippen molar-refractivity contribution in [3.8, 4) is 0 Å². The number of halogens is 1. The number of carbonyl (C=O) groups excluding carboxylic acids is 2. The number of amides is 2. The van der Waals surface area contributed by atoms with Crippen LogP contribution in [-0.2, 0) is 22.4 Å². The summed E-state index contributed by atoms with van der Waals surface area (Å²) in [5.41, 5.74) is 3.38. The Kier molecular flexibility index (Phi) is 6.62. The minimum atomic E-state index is -0.658. The Morgan fingerprint density at radius 1 is 1.00 bits per heavy atom. The second-order valence-corrected chi connectivity index (χ2v) is 8.42. The maximum atomic E-state index is 13.0. The largest absolute Gasteiger partial charge is 0.361 e. The predicted octanol–water partition coefficient (Wildman–Crippen LogP) is 3.47. The van der Waals surface area contributed by atoms with Gasteiger partial charge in [0.05, 0.1) is 6.04 Å². The van der Waals surface area contributed by atoms with E-state index in [4.69, 9.17) is 0 Å². The minimum absolute atomic E-state index is 0.0281. The Hall–Kier alpha value is -3.19. The molecule has 3 aromatic rings. The number of rotatable bonds is 7. The van der Waals surface area contributed by atoms with Gasteiger partial charge in [-0.15, -0.1) is 11.3 Å². The van der Waals surface area contributed by atoms with Gasteiger partial charge in [0.25, 0.3) is 0 Å². The number of carbonyl (C=O) groups is 2. The maximum absolute atomic E-state index is 13.0. The van der Waals surface area contributed by atoms with E-state index in [0.717, 1.165) is 23.4 Å². The number of thiophene rings is 1. The number of nitrogens with zero attached hydrogens (tertiary/aromatic N) is 1. The summed E-state index contributed by atoms with van der Waals surface area (Å²) in [6.45, 7) is 1.53. The Balaban J connectivity index is 1.33. The molecular weight excluding hydrogens is 413 g/mol. The van der Waals surface area contributed by atoms with Crippen LogP contribution < -0.4 is 15.5 Å². The molecule has 4 rings (SSSR count). The van der Waals surface area contributed by atoms with E-state index in [1.807, 2.05) is 23.6 Å². The van der Waals surface area contributed by atoms with Crippen molar-refractivity contribution in [2.24, 2.45) is 0 Å². The standard InChI is InChI=1S/C24H24FN3O2S/c25-19-9-7-17(8-10-19)11-13-26-23(29)24(30)27-16-21(22-6-3-15-31-22)28-14-12-18-4-1-2-5-20(18)28/h1-10,15,21H,11-14,16H2,(H,26,29)(H,27,30)/t21-/m1/s1. The van der Waals surface area contributed by atoms with Crippen LogP contribution in [0.4, 0.5) is 10.1 Å². The zero-order valence-electron chi connectivity index (χ0n) is 17.0. The van der Waals surface area contributed by atoms with Gasteiger partial charge in [0, 0.05) is 30.2 Å². The molecule has 2 amide bonds. The molecule has 5 nitrogen and oxygen atoms in total. The summed E-state index contributed by atoms with van der Waals surface area (Å²) in [6, 6.07) is 18.4. The number of benzene rings is 2. The van der Waals surface area contributed by atoms with Gasteiger partial charge in [-0.1, -0.05) is 36.4 Å². The fourth-order valence-electron chi connectivity index (χ4n) is 3.85. The van der Waals surface area contributed by atoms with Gasteiger partial charge in [-0.05, 0) is 53.6 Å². The first-order valence-corrected chi connectivity index (χ1v) is 11.2. The molecule has 0 radical (unpaired) electrons.